The highest BCUT2D eigenvalue weighted by molar-refractivity contribution is 5.50. The zero-order chi connectivity index (χ0) is 15.2. The lowest BCUT2D eigenvalue weighted by Gasteiger charge is -2.08. The van der Waals surface area contributed by atoms with Crippen LogP contribution in [0.1, 0.15) is 19.2 Å². The summed E-state index contributed by atoms with van der Waals surface area (Å²) in [6, 6.07) is 4.40. The van der Waals surface area contributed by atoms with Crippen LogP contribution in [0.2, 0.25) is 0 Å². The molecule has 1 aromatic heterocycles. The number of nitro benzene ring substituents is 1. The molecule has 0 unspecified atom stereocenters. The minimum absolute atomic E-state index is 0.0557. The van der Waals surface area contributed by atoms with Crippen molar-refractivity contribution in [2.75, 3.05) is 7.11 Å². The Kier molecular flexibility index (Phi) is 4.64. The fourth-order valence-corrected chi connectivity index (χ4v) is 1.74. The van der Waals surface area contributed by atoms with Crippen LogP contribution in [0.4, 0.5) is 5.69 Å². The predicted molar refractivity (Wildman–Crippen MR) is 72.1 cm³/mol. The number of benzene rings is 1. The molecule has 1 aromatic carbocycles. The van der Waals surface area contributed by atoms with Crippen molar-refractivity contribution in [1.29, 1.82) is 0 Å². The average Bonchev–Trinajstić information content (AvgIpc) is 2.92. The molecule has 0 radical (unpaired) electrons. The van der Waals surface area contributed by atoms with E-state index in [1.54, 1.807) is 10.7 Å². The van der Waals surface area contributed by atoms with E-state index < -0.39 is 4.92 Å². The van der Waals surface area contributed by atoms with Gasteiger partial charge in [-0.05, 0) is 29.0 Å². The summed E-state index contributed by atoms with van der Waals surface area (Å²) >= 11 is 0. The summed E-state index contributed by atoms with van der Waals surface area (Å²) < 4.78 is 12.0. The Morgan fingerprint density at radius 2 is 2.24 bits per heavy atom. The van der Waals surface area contributed by atoms with Crippen LogP contribution in [0.3, 0.4) is 0 Å². The summed E-state index contributed by atoms with van der Waals surface area (Å²) in [5.41, 5.74) is -0.163. The van der Waals surface area contributed by atoms with Gasteiger partial charge in [0.1, 0.15) is 12.4 Å². The van der Waals surface area contributed by atoms with Crippen LogP contribution in [0.25, 0.3) is 0 Å². The lowest BCUT2D eigenvalue weighted by molar-refractivity contribution is -0.386. The molecular weight excluding hydrogens is 278 g/mol. The molecule has 0 amide bonds. The SMILES string of the molecule is CCCn1nnnc1COc1ccc(OC)cc1[N+](=O)[O-]. The Bertz CT molecular complexity index is 628. The van der Waals surface area contributed by atoms with Gasteiger partial charge in [0, 0.05) is 6.54 Å². The van der Waals surface area contributed by atoms with Gasteiger partial charge in [-0.1, -0.05) is 6.92 Å². The zero-order valence-corrected chi connectivity index (χ0v) is 11.7. The van der Waals surface area contributed by atoms with E-state index in [2.05, 4.69) is 15.5 Å². The van der Waals surface area contributed by atoms with Gasteiger partial charge in [-0.15, -0.1) is 5.10 Å². The first kappa shape index (κ1) is 14.7. The summed E-state index contributed by atoms with van der Waals surface area (Å²) in [6.07, 6.45) is 0.876. The molecule has 0 saturated heterocycles. The third-order valence-electron chi connectivity index (χ3n) is 2.76. The molecule has 0 aliphatic carbocycles. The van der Waals surface area contributed by atoms with Gasteiger partial charge in [-0.3, -0.25) is 10.1 Å². The molecule has 0 fully saturated rings. The van der Waals surface area contributed by atoms with Gasteiger partial charge in [0.2, 0.25) is 0 Å². The normalized spacial score (nSPS) is 10.4. The molecular formula is C12H15N5O4. The van der Waals surface area contributed by atoms with Crippen molar-refractivity contribution in [2.45, 2.75) is 26.5 Å². The van der Waals surface area contributed by atoms with Gasteiger partial charge in [0.05, 0.1) is 18.1 Å². The quantitative estimate of drug-likeness (QED) is 0.563. The smallest absolute Gasteiger partial charge is 0.314 e. The molecule has 21 heavy (non-hydrogen) atoms. The first-order valence-electron chi connectivity index (χ1n) is 6.36. The predicted octanol–water partition coefficient (Wildman–Crippen LogP) is 1.58. The second-order valence-electron chi connectivity index (χ2n) is 4.20. The molecule has 2 rings (SSSR count). The lowest BCUT2D eigenvalue weighted by atomic mass is 10.3. The van der Waals surface area contributed by atoms with Crippen LogP contribution in [0.15, 0.2) is 18.2 Å². The Balaban J connectivity index is 2.15. The van der Waals surface area contributed by atoms with Crippen LogP contribution in [0.5, 0.6) is 11.5 Å². The van der Waals surface area contributed by atoms with Crippen molar-refractivity contribution in [2.24, 2.45) is 0 Å². The number of aromatic nitrogens is 4. The molecule has 0 spiro atoms. The molecule has 0 saturated carbocycles. The van der Waals surface area contributed by atoms with E-state index in [-0.39, 0.29) is 18.0 Å². The van der Waals surface area contributed by atoms with Crippen molar-refractivity contribution >= 4 is 5.69 Å². The molecule has 112 valence electrons. The largest absolute Gasteiger partial charge is 0.496 e. The maximum Gasteiger partial charge on any atom is 0.314 e. The molecule has 9 heteroatoms. The Hall–Kier alpha value is -2.71. The number of tetrazole rings is 1. The third kappa shape index (κ3) is 3.44. The summed E-state index contributed by atoms with van der Waals surface area (Å²) in [6.45, 7) is 2.72. The molecule has 0 aliphatic heterocycles. The van der Waals surface area contributed by atoms with Crippen molar-refractivity contribution < 1.29 is 14.4 Å². The minimum atomic E-state index is -0.521. The number of ether oxygens (including phenoxy) is 2. The van der Waals surface area contributed by atoms with Crippen molar-refractivity contribution in [1.82, 2.24) is 20.2 Å². The van der Waals surface area contributed by atoms with Gasteiger partial charge in [-0.2, -0.15) is 0 Å². The highest BCUT2D eigenvalue weighted by atomic mass is 16.6. The van der Waals surface area contributed by atoms with Gasteiger partial charge >= 0.3 is 5.69 Å². The summed E-state index contributed by atoms with van der Waals surface area (Å²) in [5.74, 6) is 1.05. The highest BCUT2D eigenvalue weighted by Gasteiger charge is 2.17. The van der Waals surface area contributed by atoms with Crippen molar-refractivity contribution in [3.8, 4) is 11.5 Å². The van der Waals surface area contributed by atoms with E-state index in [1.807, 2.05) is 6.92 Å². The monoisotopic (exact) mass is 293 g/mol. The molecule has 9 nitrogen and oxygen atoms in total. The first-order chi connectivity index (χ1) is 10.2. The second kappa shape index (κ2) is 6.64. The fraction of sp³-hybridized carbons (Fsp3) is 0.417. The van der Waals surface area contributed by atoms with Crippen LogP contribution in [-0.4, -0.2) is 32.2 Å². The highest BCUT2D eigenvalue weighted by Crippen LogP contribution is 2.31. The van der Waals surface area contributed by atoms with E-state index in [0.717, 1.165) is 6.42 Å². The van der Waals surface area contributed by atoms with E-state index in [1.165, 1.54) is 19.2 Å². The number of nitro groups is 1. The number of methoxy groups -OCH3 is 1. The van der Waals surface area contributed by atoms with Gasteiger partial charge < -0.3 is 9.47 Å². The Morgan fingerprint density at radius 3 is 2.90 bits per heavy atom. The topological polar surface area (TPSA) is 105 Å². The number of aryl methyl sites for hydroxylation is 1. The lowest BCUT2D eigenvalue weighted by Crippen LogP contribution is -2.09. The van der Waals surface area contributed by atoms with Gasteiger partial charge in [0.15, 0.2) is 11.6 Å². The number of rotatable bonds is 7. The van der Waals surface area contributed by atoms with E-state index in [4.69, 9.17) is 9.47 Å². The Morgan fingerprint density at radius 1 is 1.43 bits per heavy atom. The second-order valence-corrected chi connectivity index (χ2v) is 4.20. The minimum Gasteiger partial charge on any atom is -0.496 e. The fourth-order valence-electron chi connectivity index (χ4n) is 1.74. The summed E-state index contributed by atoms with van der Waals surface area (Å²) in [4.78, 5) is 10.5. The van der Waals surface area contributed by atoms with Crippen molar-refractivity contribution in [3.05, 3.63) is 34.1 Å². The molecule has 2 aromatic rings. The van der Waals surface area contributed by atoms with E-state index in [9.17, 15) is 10.1 Å². The average molecular weight is 293 g/mol. The zero-order valence-electron chi connectivity index (χ0n) is 11.7. The van der Waals surface area contributed by atoms with Crippen LogP contribution in [0, 0.1) is 10.1 Å². The van der Waals surface area contributed by atoms with Crippen molar-refractivity contribution in [3.63, 3.8) is 0 Å². The molecule has 0 bridgehead atoms. The molecule has 0 aliphatic rings. The van der Waals surface area contributed by atoms with Crippen LogP contribution < -0.4 is 9.47 Å². The number of hydrogen-bond donors (Lipinski definition) is 0. The third-order valence-corrected chi connectivity index (χ3v) is 2.76. The van der Waals surface area contributed by atoms with Crippen LogP contribution >= 0.6 is 0 Å². The van der Waals surface area contributed by atoms with Gasteiger partial charge in [-0.25, -0.2) is 4.68 Å². The summed E-state index contributed by atoms with van der Waals surface area (Å²) in [5, 5.41) is 22.3. The summed E-state index contributed by atoms with van der Waals surface area (Å²) in [7, 11) is 1.44. The standard InChI is InChI=1S/C12H15N5O4/c1-3-6-16-12(13-14-15-16)8-21-11-5-4-9(20-2)7-10(11)17(18)19/h4-5,7H,3,6,8H2,1-2H3. The van der Waals surface area contributed by atoms with E-state index in [0.29, 0.717) is 18.1 Å². The van der Waals surface area contributed by atoms with Crippen LogP contribution in [-0.2, 0) is 13.2 Å². The molecule has 1 heterocycles. The Labute approximate surface area is 120 Å². The number of hydrogen-bond acceptors (Lipinski definition) is 7. The molecule has 0 N–H and O–H groups in total. The van der Waals surface area contributed by atoms with Gasteiger partial charge in [0.25, 0.3) is 0 Å². The molecule has 0 atom stereocenters. The number of nitrogens with zero attached hydrogens (tertiary/aromatic N) is 5. The maximum absolute atomic E-state index is 11.0. The maximum atomic E-state index is 11.0. The first-order valence-corrected chi connectivity index (χ1v) is 6.36. The van der Waals surface area contributed by atoms with E-state index >= 15 is 0 Å².